The Hall–Kier alpha value is -0.520. The van der Waals surface area contributed by atoms with Gasteiger partial charge in [-0.15, -0.1) is 0 Å². The number of hydrogen-bond acceptors (Lipinski definition) is 0. The van der Waals surface area contributed by atoms with Crippen molar-refractivity contribution in [3.63, 3.8) is 0 Å². The number of hydrogen-bond donors (Lipinski definition) is 0. The first-order chi connectivity index (χ1) is 8.62. The quantitative estimate of drug-likeness (QED) is 0.474. The summed E-state index contributed by atoms with van der Waals surface area (Å²) in [7, 11) is 0. The Morgan fingerprint density at radius 3 is 0.900 bits per heavy atom. The van der Waals surface area contributed by atoms with Gasteiger partial charge in [0, 0.05) is 0 Å². The highest BCUT2D eigenvalue weighted by Crippen LogP contribution is 2.34. The van der Waals surface area contributed by atoms with Crippen LogP contribution >= 0.6 is 0 Å². The van der Waals surface area contributed by atoms with Gasteiger partial charge in [-0.05, 0) is 34.5 Å². The Morgan fingerprint density at radius 2 is 0.700 bits per heavy atom. The second-order valence-corrected chi connectivity index (χ2v) is 9.88. The van der Waals surface area contributed by atoms with E-state index in [2.05, 4.69) is 93.5 Å². The Morgan fingerprint density at radius 1 is 0.450 bits per heavy atom. The van der Waals surface area contributed by atoms with Crippen LogP contribution in [0.3, 0.4) is 0 Å². The largest absolute Gasteiger partial charge is 0.0826 e. The summed E-state index contributed by atoms with van der Waals surface area (Å²) in [6.07, 6.45) is 11.9. The van der Waals surface area contributed by atoms with E-state index in [4.69, 9.17) is 0 Å². The van der Waals surface area contributed by atoms with E-state index in [1.807, 2.05) is 0 Å². The zero-order valence-electron chi connectivity index (χ0n) is 15.7. The summed E-state index contributed by atoms with van der Waals surface area (Å²) in [5.41, 5.74) is 1.11. The third-order valence-corrected chi connectivity index (χ3v) is 3.48. The first-order valence-corrected chi connectivity index (χ1v) is 8.03. The minimum absolute atomic E-state index is 0.277. The van der Waals surface area contributed by atoms with Gasteiger partial charge in [0.1, 0.15) is 0 Å². The van der Waals surface area contributed by atoms with Crippen LogP contribution in [-0.4, -0.2) is 0 Å². The van der Waals surface area contributed by atoms with Crippen molar-refractivity contribution in [1.82, 2.24) is 0 Å². The maximum atomic E-state index is 2.40. The molecule has 0 aromatic heterocycles. The molecule has 0 aliphatic carbocycles. The average molecular weight is 279 g/mol. The monoisotopic (exact) mass is 278 g/mol. The second-order valence-electron chi connectivity index (χ2n) is 9.88. The molecule has 0 spiro atoms. The molecule has 0 aliphatic heterocycles. The normalized spacial score (nSPS) is 15.5. The molecule has 0 unspecified atom stereocenters. The average Bonchev–Trinajstić information content (AvgIpc) is 2.20. The molecule has 118 valence electrons. The first-order valence-electron chi connectivity index (χ1n) is 8.03. The van der Waals surface area contributed by atoms with Crippen molar-refractivity contribution in [2.75, 3.05) is 0 Å². The van der Waals surface area contributed by atoms with Crippen molar-refractivity contribution in [3.8, 4) is 0 Å². The predicted octanol–water partition coefficient (Wildman–Crippen LogP) is 7.02. The topological polar surface area (TPSA) is 0 Å². The van der Waals surface area contributed by atoms with Gasteiger partial charge in [0.05, 0.1) is 0 Å². The summed E-state index contributed by atoms with van der Waals surface area (Å²) in [5, 5.41) is 0. The Kier molecular flexibility index (Phi) is 6.33. The van der Waals surface area contributed by atoms with Crippen LogP contribution in [0.25, 0.3) is 0 Å². The molecule has 0 fully saturated rings. The molecule has 0 atom stereocenters. The van der Waals surface area contributed by atoms with Crippen molar-refractivity contribution >= 4 is 0 Å². The van der Waals surface area contributed by atoms with E-state index in [1.54, 1.807) is 0 Å². The molecule has 0 rings (SSSR count). The molecular weight excluding hydrogens is 240 g/mol. The molecule has 0 heteroatoms. The SMILES string of the molecule is CC(C)(C)C=CC(C)(C)CCC(C)(C)C=CC(C)(C)C. The molecule has 0 nitrogen and oxygen atoms in total. The minimum atomic E-state index is 0.277. The summed E-state index contributed by atoms with van der Waals surface area (Å²) >= 11 is 0. The van der Waals surface area contributed by atoms with Gasteiger partial charge in [0.25, 0.3) is 0 Å². The fourth-order valence-electron chi connectivity index (χ4n) is 1.76. The molecular formula is C20H38. The number of rotatable bonds is 5. The molecule has 0 aromatic rings. The third kappa shape index (κ3) is 11.3. The van der Waals surface area contributed by atoms with E-state index in [0.29, 0.717) is 0 Å². The van der Waals surface area contributed by atoms with Crippen molar-refractivity contribution in [3.05, 3.63) is 24.3 Å². The van der Waals surface area contributed by atoms with E-state index < -0.39 is 0 Å². The van der Waals surface area contributed by atoms with Crippen LogP contribution in [0.4, 0.5) is 0 Å². The summed E-state index contributed by atoms with van der Waals surface area (Å²) in [4.78, 5) is 0. The highest BCUT2D eigenvalue weighted by Gasteiger charge is 2.22. The van der Waals surface area contributed by atoms with Crippen molar-refractivity contribution in [1.29, 1.82) is 0 Å². The molecule has 20 heavy (non-hydrogen) atoms. The zero-order valence-corrected chi connectivity index (χ0v) is 15.7. The van der Waals surface area contributed by atoms with Gasteiger partial charge >= 0.3 is 0 Å². The van der Waals surface area contributed by atoms with Gasteiger partial charge in [-0.1, -0.05) is 93.5 Å². The van der Waals surface area contributed by atoms with E-state index in [-0.39, 0.29) is 21.7 Å². The zero-order chi connectivity index (χ0) is 16.2. The predicted molar refractivity (Wildman–Crippen MR) is 94.0 cm³/mol. The summed E-state index contributed by atoms with van der Waals surface area (Å²) < 4.78 is 0. The van der Waals surface area contributed by atoms with Gasteiger partial charge in [0.15, 0.2) is 0 Å². The molecule has 0 aromatic carbocycles. The summed E-state index contributed by atoms with van der Waals surface area (Å²) in [6, 6.07) is 0. The minimum Gasteiger partial charge on any atom is -0.0826 e. The molecule has 0 saturated carbocycles. The van der Waals surface area contributed by atoms with Gasteiger partial charge < -0.3 is 0 Å². The maximum Gasteiger partial charge on any atom is -0.0174 e. The standard InChI is InChI=1S/C20H38/c1-17(2,3)11-13-19(7,8)15-16-20(9,10)14-12-18(4,5)6/h11-14H,15-16H2,1-10H3. The molecule has 0 heterocycles. The highest BCUT2D eigenvalue weighted by molar-refractivity contribution is 5.03. The summed E-state index contributed by atoms with van der Waals surface area (Å²) in [6.45, 7) is 22.9. The third-order valence-electron chi connectivity index (χ3n) is 3.48. The van der Waals surface area contributed by atoms with E-state index in [1.165, 1.54) is 12.8 Å². The molecule has 0 saturated heterocycles. The lowest BCUT2D eigenvalue weighted by molar-refractivity contribution is 0.325. The van der Waals surface area contributed by atoms with Crippen molar-refractivity contribution in [2.24, 2.45) is 21.7 Å². The van der Waals surface area contributed by atoms with Crippen LogP contribution < -0.4 is 0 Å². The van der Waals surface area contributed by atoms with Gasteiger partial charge in [-0.25, -0.2) is 0 Å². The smallest absolute Gasteiger partial charge is 0.0174 e. The van der Waals surface area contributed by atoms with Crippen molar-refractivity contribution < 1.29 is 0 Å². The van der Waals surface area contributed by atoms with Gasteiger partial charge in [-0.2, -0.15) is 0 Å². The maximum absolute atomic E-state index is 2.40. The van der Waals surface area contributed by atoms with Crippen LogP contribution in [0.15, 0.2) is 24.3 Å². The second kappa shape index (κ2) is 6.50. The van der Waals surface area contributed by atoms with Crippen LogP contribution in [0.2, 0.25) is 0 Å². The lowest BCUT2D eigenvalue weighted by atomic mass is 9.77. The van der Waals surface area contributed by atoms with Crippen LogP contribution in [0, 0.1) is 21.7 Å². The number of allylic oxidation sites excluding steroid dienone is 4. The van der Waals surface area contributed by atoms with Crippen LogP contribution in [-0.2, 0) is 0 Å². The fourth-order valence-corrected chi connectivity index (χ4v) is 1.76. The molecule has 0 radical (unpaired) electrons. The Bertz CT molecular complexity index is 301. The lowest BCUT2D eigenvalue weighted by Gasteiger charge is -2.29. The van der Waals surface area contributed by atoms with E-state index in [9.17, 15) is 0 Å². The molecule has 0 amide bonds. The Balaban J connectivity index is 4.60. The summed E-state index contributed by atoms with van der Waals surface area (Å²) in [5.74, 6) is 0. The first kappa shape index (κ1) is 19.5. The van der Waals surface area contributed by atoms with E-state index in [0.717, 1.165) is 0 Å². The van der Waals surface area contributed by atoms with Crippen molar-refractivity contribution in [2.45, 2.75) is 82.1 Å². The van der Waals surface area contributed by atoms with E-state index >= 15 is 0 Å². The lowest BCUT2D eigenvalue weighted by Crippen LogP contribution is -2.16. The van der Waals surface area contributed by atoms with Gasteiger partial charge in [-0.3, -0.25) is 0 Å². The molecule has 0 N–H and O–H groups in total. The highest BCUT2D eigenvalue weighted by atomic mass is 14.3. The van der Waals surface area contributed by atoms with Gasteiger partial charge in [0.2, 0.25) is 0 Å². The van der Waals surface area contributed by atoms with Crippen LogP contribution in [0.5, 0.6) is 0 Å². The molecule has 0 aliphatic rings. The molecule has 0 bridgehead atoms. The fraction of sp³-hybridized carbons (Fsp3) is 0.800. The Labute approximate surface area is 128 Å². The van der Waals surface area contributed by atoms with Crippen LogP contribution in [0.1, 0.15) is 82.1 Å².